The van der Waals surface area contributed by atoms with E-state index in [4.69, 9.17) is 0 Å². The Balaban J connectivity index is 3.47. The van der Waals surface area contributed by atoms with Crippen molar-refractivity contribution in [2.24, 2.45) is 0 Å². The molecule has 1 atom stereocenters. The van der Waals surface area contributed by atoms with E-state index in [0.717, 1.165) is 12.1 Å². The summed E-state index contributed by atoms with van der Waals surface area (Å²) in [5.74, 6) is -5.36. The lowest BCUT2D eigenvalue weighted by Crippen LogP contribution is -2.53. The second-order valence-electron chi connectivity index (χ2n) is 3.55. The minimum Gasteiger partial charge on any atom is -0.374 e. The summed E-state index contributed by atoms with van der Waals surface area (Å²) in [6, 6.07) is 5.83. The standard InChI is InChI=1S/C12H9F5O/c1-2-8-10(18,9-6-4-3-5-7-9)11(13,14)12(15,16)17/h3-8,18H,1H2/t10-/m1/s1. The average Bonchev–Trinajstić information content (AvgIpc) is 2.28. The number of benzene rings is 1. The third-order valence-corrected chi connectivity index (χ3v) is 2.36. The van der Waals surface area contributed by atoms with Crippen molar-refractivity contribution < 1.29 is 27.1 Å². The Morgan fingerprint density at radius 3 is 1.94 bits per heavy atom. The molecule has 0 fully saturated rings. The molecule has 1 rings (SSSR count). The number of aliphatic hydroxyl groups is 1. The maximum absolute atomic E-state index is 13.4. The van der Waals surface area contributed by atoms with Crippen molar-refractivity contribution in [3.63, 3.8) is 0 Å². The Hall–Kier alpha value is -1.65. The maximum atomic E-state index is 13.4. The number of hydrogen-bond acceptors (Lipinski definition) is 1. The van der Waals surface area contributed by atoms with Crippen LogP contribution in [0.2, 0.25) is 0 Å². The lowest BCUT2D eigenvalue weighted by molar-refractivity contribution is -0.334. The van der Waals surface area contributed by atoms with Crippen LogP contribution in [0.4, 0.5) is 22.0 Å². The molecule has 0 aromatic heterocycles. The molecule has 0 amide bonds. The quantitative estimate of drug-likeness (QED) is 0.655. The Bertz CT molecular complexity index is 459. The van der Waals surface area contributed by atoms with Crippen LogP contribution in [0.3, 0.4) is 0 Å². The van der Waals surface area contributed by atoms with E-state index in [-0.39, 0.29) is 6.08 Å². The van der Waals surface area contributed by atoms with Gasteiger partial charge in [-0.1, -0.05) is 36.9 Å². The van der Waals surface area contributed by atoms with Gasteiger partial charge in [0.1, 0.15) is 0 Å². The summed E-state index contributed by atoms with van der Waals surface area (Å²) in [7, 11) is 0. The van der Waals surface area contributed by atoms with E-state index in [1.807, 2.05) is 0 Å². The van der Waals surface area contributed by atoms with Gasteiger partial charge in [0.05, 0.1) is 0 Å². The number of alkyl halides is 5. The van der Waals surface area contributed by atoms with Gasteiger partial charge in [-0.25, -0.2) is 0 Å². The van der Waals surface area contributed by atoms with Gasteiger partial charge in [0.25, 0.3) is 0 Å². The summed E-state index contributed by atoms with van der Waals surface area (Å²) in [5.41, 5.74) is -2.35. The molecule has 0 bridgehead atoms. The van der Waals surface area contributed by atoms with Crippen LogP contribution in [0.25, 0.3) is 0 Å². The third kappa shape index (κ3) is 2.17. The molecule has 0 saturated carbocycles. The molecule has 0 radical (unpaired) electrons. The highest BCUT2D eigenvalue weighted by atomic mass is 19.4. The fourth-order valence-electron chi connectivity index (χ4n) is 1.41. The van der Waals surface area contributed by atoms with Gasteiger partial charge in [0.2, 0.25) is 0 Å². The first-order valence-electron chi connectivity index (χ1n) is 4.76. The first-order chi connectivity index (χ1) is 8.17. The Morgan fingerprint density at radius 2 is 1.56 bits per heavy atom. The highest BCUT2D eigenvalue weighted by Gasteiger charge is 2.69. The Morgan fingerprint density at radius 1 is 1.06 bits per heavy atom. The fourth-order valence-corrected chi connectivity index (χ4v) is 1.41. The monoisotopic (exact) mass is 264 g/mol. The Labute approximate surface area is 99.9 Å². The number of rotatable bonds is 3. The largest absolute Gasteiger partial charge is 0.457 e. The molecule has 1 aromatic rings. The smallest absolute Gasteiger partial charge is 0.374 e. The first-order valence-corrected chi connectivity index (χ1v) is 4.76. The minimum atomic E-state index is -5.90. The highest BCUT2D eigenvalue weighted by Crippen LogP contribution is 2.48. The molecular weight excluding hydrogens is 255 g/mol. The molecule has 18 heavy (non-hydrogen) atoms. The molecule has 0 spiro atoms. The predicted molar refractivity (Wildman–Crippen MR) is 55.1 cm³/mol. The molecule has 0 aliphatic carbocycles. The molecule has 6 heteroatoms. The zero-order valence-corrected chi connectivity index (χ0v) is 9.01. The molecule has 1 N–H and O–H groups in total. The first kappa shape index (κ1) is 14.4. The zero-order valence-electron chi connectivity index (χ0n) is 9.01. The molecule has 0 unspecified atom stereocenters. The lowest BCUT2D eigenvalue weighted by atomic mass is 9.86. The third-order valence-electron chi connectivity index (χ3n) is 2.36. The van der Waals surface area contributed by atoms with Crippen LogP contribution < -0.4 is 0 Å². The molecular formula is C12H9F5O. The molecule has 0 saturated heterocycles. The zero-order chi connectivity index (χ0) is 14.0. The highest BCUT2D eigenvalue weighted by molar-refractivity contribution is 5.31. The van der Waals surface area contributed by atoms with E-state index in [1.165, 1.54) is 18.2 Å². The van der Waals surface area contributed by atoms with Crippen LogP contribution in [0, 0.1) is 0 Å². The molecule has 0 heterocycles. The van der Waals surface area contributed by atoms with Crippen LogP contribution in [-0.2, 0) is 5.60 Å². The van der Waals surface area contributed by atoms with Crippen LogP contribution in [-0.4, -0.2) is 17.2 Å². The fraction of sp³-hybridized carbons (Fsp3) is 0.250. The summed E-state index contributed by atoms with van der Waals surface area (Å²) in [6.07, 6.45) is -5.69. The van der Waals surface area contributed by atoms with Crippen molar-refractivity contribution in [1.29, 1.82) is 0 Å². The summed E-state index contributed by atoms with van der Waals surface area (Å²) < 4.78 is 63.8. The molecule has 1 nitrogen and oxygen atoms in total. The van der Waals surface area contributed by atoms with Gasteiger partial charge < -0.3 is 5.11 Å². The SMILES string of the molecule is C=C=C[C@@](O)(c1ccccc1)C(F)(F)C(F)(F)F. The van der Waals surface area contributed by atoms with Crippen LogP contribution in [0.15, 0.2) is 48.7 Å². The van der Waals surface area contributed by atoms with Gasteiger partial charge in [-0.05, 0) is 11.6 Å². The second-order valence-corrected chi connectivity index (χ2v) is 3.55. The van der Waals surface area contributed by atoms with Crippen LogP contribution >= 0.6 is 0 Å². The topological polar surface area (TPSA) is 20.2 Å². The minimum absolute atomic E-state index is 0.204. The molecule has 0 aliphatic heterocycles. The van der Waals surface area contributed by atoms with Crippen molar-refractivity contribution in [2.75, 3.05) is 0 Å². The van der Waals surface area contributed by atoms with Gasteiger partial charge in [-0.3, -0.25) is 0 Å². The summed E-state index contributed by atoms with van der Waals surface area (Å²) in [6.45, 7) is 2.93. The van der Waals surface area contributed by atoms with Crippen LogP contribution in [0.1, 0.15) is 5.56 Å². The van der Waals surface area contributed by atoms with Gasteiger partial charge in [-0.2, -0.15) is 22.0 Å². The van der Waals surface area contributed by atoms with Gasteiger partial charge >= 0.3 is 12.1 Å². The number of hydrogen-bond donors (Lipinski definition) is 1. The molecule has 98 valence electrons. The van der Waals surface area contributed by atoms with Gasteiger partial charge in [0, 0.05) is 0 Å². The number of halogens is 5. The van der Waals surface area contributed by atoms with Crippen molar-refractivity contribution >= 4 is 0 Å². The van der Waals surface area contributed by atoms with Crippen molar-refractivity contribution in [2.45, 2.75) is 17.7 Å². The van der Waals surface area contributed by atoms with E-state index >= 15 is 0 Å². The van der Waals surface area contributed by atoms with Crippen LogP contribution in [0.5, 0.6) is 0 Å². The van der Waals surface area contributed by atoms with Crippen molar-refractivity contribution in [1.82, 2.24) is 0 Å². The van der Waals surface area contributed by atoms with Gasteiger partial charge in [0.15, 0.2) is 5.60 Å². The van der Waals surface area contributed by atoms with E-state index in [1.54, 1.807) is 5.73 Å². The summed E-state index contributed by atoms with van der Waals surface area (Å²) >= 11 is 0. The second kappa shape index (κ2) is 4.55. The summed E-state index contributed by atoms with van der Waals surface area (Å²) in [4.78, 5) is 0. The summed E-state index contributed by atoms with van der Waals surface area (Å²) in [5, 5.41) is 9.72. The average molecular weight is 264 g/mol. The Kier molecular flexibility index (Phi) is 3.64. The van der Waals surface area contributed by atoms with E-state index in [2.05, 4.69) is 6.58 Å². The van der Waals surface area contributed by atoms with E-state index < -0.39 is 23.3 Å². The van der Waals surface area contributed by atoms with Gasteiger partial charge in [-0.15, -0.1) is 5.73 Å². The molecule has 1 aromatic carbocycles. The maximum Gasteiger partial charge on any atom is 0.457 e. The van der Waals surface area contributed by atoms with E-state index in [9.17, 15) is 27.1 Å². The van der Waals surface area contributed by atoms with E-state index in [0.29, 0.717) is 0 Å². The molecule has 0 aliphatic rings. The normalized spacial score (nSPS) is 15.7. The lowest BCUT2D eigenvalue weighted by Gasteiger charge is -2.34. The van der Waals surface area contributed by atoms with Crippen molar-refractivity contribution in [3.8, 4) is 0 Å². The van der Waals surface area contributed by atoms with Crippen molar-refractivity contribution in [3.05, 3.63) is 54.3 Å². The predicted octanol–water partition coefficient (Wildman–Crippen LogP) is 3.41.